The van der Waals surface area contributed by atoms with E-state index in [4.69, 9.17) is 9.98 Å². The van der Waals surface area contributed by atoms with Gasteiger partial charge in [0.2, 0.25) is 0 Å². The fourth-order valence-corrected chi connectivity index (χ4v) is 6.01. The zero-order valence-corrected chi connectivity index (χ0v) is 26.1. The molecule has 0 amide bonds. The van der Waals surface area contributed by atoms with Crippen LogP contribution in [-0.2, 0) is 0 Å². The minimum Gasteiger partial charge on any atom is -0.324 e. The Hall–Kier alpha value is -6.46. The van der Waals surface area contributed by atoms with Crippen LogP contribution in [0.3, 0.4) is 0 Å². The molecule has 5 nitrogen and oxygen atoms in total. The van der Waals surface area contributed by atoms with Crippen molar-refractivity contribution in [3.05, 3.63) is 193 Å². The number of nitrogens with zero attached hydrogens (tertiary/aromatic N) is 4. The van der Waals surface area contributed by atoms with Crippen LogP contribution in [0.5, 0.6) is 0 Å². The quantitative estimate of drug-likeness (QED) is 0.194. The van der Waals surface area contributed by atoms with Crippen LogP contribution in [-0.4, -0.2) is 21.6 Å². The highest BCUT2D eigenvalue weighted by molar-refractivity contribution is 6.16. The molecule has 2 aromatic heterocycles. The molecule has 3 heterocycles. The van der Waals surface area contributed by atoms with Crippen molar-refractivity contribution >= 4 is 11.7 Å². The first kappa shape index (κ1) is 29.0. The Morgan fingerprint density at radius 1 is 0.354 bits per heavy atom. The van der Waals surface area contributed by atoms with Gasteiger partial charge in [0, 0.05) is 34.6 Å². The number of nitrogens with one attached hydrogen (secondary N) is 1. The van der Waals surface area contributed by atoms with Crippen LogP contribution in [0.4, 0.5) is 0 Å². The van der Waals surface area contributed by atoms with Gasteiger partial charge in [0.05, 0.1) is 11.4 Å². The van der Waals surface area contributed by atoms with Gasteiger partial charge < -0.3 is 5.32 Å². The maximum absolute atomic E-state index is 5.27. The number of benzene rings is 5. The summed E-state index contributed by atoms with van der Waals surface area (Å²) in [6.45, 7) is 0. The molecule has 5 aromatic carbocycles. The van der Waals surface area contributed by atoms with Crippen LogP contribution in [0.2, 0.25) is 0 Å². The average molecular weight is 618 g/mol. The zero-order chi connectivity index (χ0) is 32.1. The van der Waals surface area contributed by atoms with Gasteiger partial charge in [0.1, 0.15) is 11.7 Å². The number of rotatable bonds is 7. The van der Waals surface area contributed by atoms with E-state index in [1.807, 2.05) is 60.9 Å². The summed E-state index contributed by atoms with van der Waals surface area (Å²) >= 11 is 0. The molecule has 0 atom stereocenters. The molecular weight excluding hydrogens is 587 g/mol. The number of hydrogen-bond donors (Lipinski definition) is 1. The Kier molecular flexibility index (Phi) is 7.91. The van der Waals surface area contributed by atoms with Crippen LogP contribution >= 0.6 is 0 Å². The third-order valence-corrected chi connectivity index (χ3v) is 8.40. The first-order valence-electron chi connectivity index (χ1n) is 16.0. The molecule has 1 aliphatic heterocycles. The largest absolute Gasteiger partial charge is 0.324 e. The Morgan fingerprint density at radius 3 is 1.23 bits per heavy atom. The van der Waals surface area contributed by atoms with Gasteiger partial charge in [0.15, 0.2) is 6.17 Å². The number of amidine groups is 2. The van der Waals surface area contributed by atoms with Gasteiger partial charge in [-0.3, -0.25) is 9.97 Å². The molecule has 0 saturated carbocycles. The topological polar surface area (TPSA) is 62.5 Å². The highest BCUT2D eigenvalue weighted by Crippen LogP contribution is 2.34. The molecular formula is C43H31N5. The molecule has 0 fully saturated rings. The minimum absolute atomic E-state index is 0.487. The van der Waals surface area contributed by atoms with Crippen molar-refractivity contribution in [1.29, 1.82) is 0 Å². The van der Waals surface area contributed by atoms with E-state index in [9.17, 15) is 0 Å². The summed E-state index contributed by atoms with van der Waals surface area (Å²) in [6.07, 6.45) is 3.15. The van der Waals surface area contributed by atoms with Crippen LogP contribution in [0.15, 0.2) is 186 Å². The Balaban J connectivity index is 1.28. The highest BCUT2D eigenvalue weighted by atomic mass is 15.2. The summed E-state index contributed by atoms with van der Waals surface area (Å²) in [5.74, 6) is 1.50. The number of hydrogen-bond acceptors (Lipinski definition) is 5. The van der Waals surface area contributed by atoms with Gasteiger partial charge in [-0.05, 0) is 82.4 Å². The Morgan fingerprint density at radius 2 is 0.771 bits per heavy atom. The van der Waals surface area contributed by atoms with E-state index in [2.05, 4.69) is 131 Å². The summed E-state index contributed by atoms with van der Waals surface area (Å²) < 4.78 is 0. The molecule has 8 rings (SSSR count). The Bertz CT molecular complexity index is 2090. The summed E-state index contributed by atoms with van der Waals surface area (Å²) in [5.41, 5.74) is 11.3. The standard InChI is InChI=1S/C43H31N5/c1-3-13-30(14-4-1)36-27-37(31-15-5-2-6-16-31)29-38(28-36)43-47-41(34-19-11-17-32(25-34)39-21-7-9-23-44-39)46-42(48-43)35-20-12-18-33(26-35)40-22-8-10-24-45-40/h1-29,43H,(H,46,47,48). The molecule has 0 aliphatic carbocycles. The molecule has 0 saturated heterocycles. The fourth-order valence-electron chi connectivity index (χ4n) is 6.01. The normalized spacial score (nSPS) is 12.9. The second-order valence-electron chi connectivity index (χ2n) is 11.6. The molecule has 0 bridgehead atoms. The Labute approximate surface area is 280 Å². The van der Waals surface area contributed by atoms with Crippen molar-refractivity contribution in [2.45, 2.75) is 6.17 Å². The van der Waals surface area contributed by atoms with Crippen molar-refractivity contribution in [1.82, 2.24) is 15.3 Å². The summed E-state index contributed by atoms with van der Waals surface area (Å²) in [4.78, 5) is 19.7. The predicted octanol–water partition coefficient (Wildman–Crippen LogP) is 9.64. The predicted molar refractivity (Wildman–Crippen MR) is 196 cm³/mol. The summed E-state index contributed by atoms with van der Waals surface area (Å²) in [7, 11) is 0. The smallest absolute Gasteiger partial charge is 0.169 e. The van der Waals surface area contributed by atoms with E-state index < -0.39 is 6.17 Å². The van der Waals surface area contributed by atoms with Crippen LogP contribution in [0, 0.1) is 0 Å². The van der Waals surface area contributed by atoms with Crippen molar-refractivity contribution in [2.75, 3.05) is 0 Å². The third-order valence-electron chi connectivity index (χ3n) is 8.40. The van der Waals surface area contributed by atoms with Gasteiger partial charge in [0.25, 0.3) is 0 Å². The molecule has 7 aromatic rings. The maximum Gasteiger partial charge on any atom is 0.169 e. The second-order valence-corrected chi connectivity index (χ2v) is 11.6. The molecule has 0 radical (unpaired) electrons. The van der Waals surface area contributed by atoms with E-state index in [1.165, 1.54) is 0 Å². The zero-order valence-electron chi connectivity index (χ0n) is 26.1. The fraction of sp³-hybridized carbons (Fsp3) is 0.0233. The number of aromatic nitrogens is 2. The summed E-state index contributed by atoms with van der Waals surface area (Å²) in [5, 5.41) is 3.59. The van der Waals surface area contributed by atoms with Gasteiger partial charge in [-0.15, -0.1) is 0 Å². The SMILES string of the molecule is c1ccc(-c2cc(-c3ccccc3)cc(C3N=C(c4cccc(-c5ccccn5)c4)NC(c4cccc(-c5ccccn5)c4)=N3)c2)cc1. The molecule has 228 valence electrons. The number of aliphatic imine (C=N–C) groups is 2. The lowest BCUT2D eigenvalue weighted by molar-refractivity contribution is 0.756. The van der Waals surface area contributed by atoms with E-state index in [0.29, 0.717) is 0 Å². The molecule has 5 heteroatoms. The van der Waals surface area contributed by atoms with E-state index in [0.717, 1.165) is 73.1 Å². The van der Waals surface area contributed by atoms with Crippen LogP contribution < -0.4 is 5.32 Å². The molecule has 0 spiro atoms. The first-order chi connectivity index (χ1) is 23.8. The minimum atomic E-state index is -0.487. The first-order valence-corrected chi connectivity index (χ1v) is 16.0. The monoisotopic (exact) mass is 617 g/mol. The van der Waals surface area contributed by atoms with Crippen LogP contribution in [0.1, 0.15) is 22.9 Å². The van der Waals surface area contributed by atoms with E-state index >= 15 is 0 Å². The van der Waals surface area contributed by atoms with Crippen LogP contribution in [0.25, 0.3) is 44.8 Å². The van der Waals surface area contributed by atoms with Crippen molar-refractivity contribution in [3.8, 4) is 44.8 Å². The van der Waals surface area contributed by atoms with Gasteiger partial charge >= 0.3 is 0 Å². The van der Waals surface area contributed by atoms with Crippen molar-refractivity contribution in [2.24, 2.45) is 9.98 Å². The van der Waals surface area contributed by atoms with E-state index in [-0.39, 0.29) is 0 Å². The molecule has 0 unspecified atom stereocenters. The lowest BCUT2D eigenvalue weighted by Crippen LogP contribution is -2.36. The van der Waals surface area contributed by atoms with Gasteiger partial charge in [-0.1, -0.05) is 109 Å². The number of pyridine rings is 2. The average Bonchev–Trinajstić information content (AvgIpc) is 3.19. The highest BCUT2D eigenvalue weighted by Gasteiger charge is 2.23. The lowest BCUT2D eigenvalue weighted by atomic mass is 9.95. The van der Waals surface area contributed by atoms with Crippen molar-refractivity contribution in [3.63, 3.8) is 0 Å². The maximum atomic E-state index is 5.27. The van der Waals surface area contributed by atoms with Gasteiger partial charge in [-0.25, -0.2) is 9.98 Å². The molecule has 1 aliphatic rings. The van der Waals surface area contributed by atoms with E-state index in [1.54, 1.807) is 0 Å². The molecule has 1 N–H and O–H groups in total. The van der Waals surface area contributed by atoms with Crippen molar-refractivity contribution < 1.29 is 0 Å². The van der Waals surface area contributed by atoms with Gasteiger partial charge in [-0.2, -0.15) is 0 Å². The lowest BCUT2D eigenvalue weighted by Gasteiger charge is -2.24. The molecule has 48 heavy (non-hydrogen) atoms. The second kappa shape index (κ2) is 13.1. The summed E-state index contributed by atoms with van der Waals surface area (Å²) in [6, 6.07) is 56.2. The third kappa shape index (κ3) is 6.17.